The zero-order valence-corrected chi connectivity index (χ0v) is 11.6. The molecule has 1 aromatic carbocycles. The minimum absolute atomic E-state index is 0.175. The van der Waals surface area contributed by atoms with Crippen LogP contribution in [0.2, 0.25) is 0 Å². The summed E-state index contributed by atoms with van der Waals surface area (Å²) >= 11 is 0. The van der Waals surface area contributed by atoms with Gasteiger partial charge in [-0.3, -0.25) is 0 Å². The predicted octanol–water partition coefficient (Wildman–Crippen LogP) is 4.55. The normalized spacial score (nSPS) is 10.6. The molecule has 92 valence electrons. The van der Waals surface area contributed by atoms with Crippen molar-refractivity contribution in [3.8, 4) is 0 Å². The molecule has 0 aliphatic carbocycles. The molecule has 0 amide bonds. The Bertz CT molecular complexity index is 289. The quantitative estimate of drug-likeness (QED) is 0.726. The summed E-state index contributed by atoms with van der Waals surface area (Å²) < 4.78 is 5.51. The second kappa shape index (κ2) is 7.45. The minimum Gasteiger partial charge on any atom is -0.374 e. The van der Waals surface area contributed by atoms with Crippen LogP contribution in [-0.4, -0.2) is 7.11 Å². The van der Waals surface area contributed by atoms with Gasteiger partial charge in [0.2, 0.25) is 0 Å². The van der Waals surface area contributed by atoms with Crippen LogP contribution in [-0.2, 0) is 16.8 Å². The summed E-state index contributed by atoms with van der Waals surface area (Å²) in [4.78, 5) is 0. The van der Waals surface area contributed by atoms with Gasteiger partial charge in [0.1, 0.15) is 0 Å². The Labute approximate surface area is 101 Å². The first-order valence-electron chi connectivity index (χ1n) is 6.25. The molecule has 0 aromatic heterocycles. The fraction of sp³-hybridized carbons (Fsp3) is 0.600. The number of hydrogen-bond acceptors (Lipinski definition) is 1. The van der Waals surface area contributed by atoms with Crippen LogP contribution in [0, 0.1) is 0 Å². The van der Waals surface area contributed by atoms with Crippen LogP contribution in [0.3, 0.4) is 0 Å². The van der Waals surface area contributed by atoms with Crippen molar-refractivity contribution >= 4 is 0 Å². The van der Waals surface area contributed by atoms with Crippen LogP contribution in [0.4, 0.5) is 0 Å². The second-order valence-electron chi connectivity index (χ2n) is 4.12. The van der Waals surface area contributed by atoms with E-state index in [0.717, 1.165) is 6.42 Å². The molecule has 0 unspecified atom stereocenters. The summed E-state index contributed by atoms with van der Waals surface area (Å²) in [5.74, 6) is 0. The van der Waals surface area contributed by atoms with Crippen molar-refractivity contribution in [2.75, 3.05) is 7.11 Å². The molecule has 1 rings (SSSR count). The molecule has 1 aromatic rings. The van der Waals surface area contributed by atoms with E-state index in [1.54, 1.807) is 7.11 Å². The van der Waals surface area contributed by atoms with E-state index in [9.17, 15) is 0 Å². The van der Waals surface area contributed by atoms with Gasteiger partial charge in [-0.05, 0) is 31.4 Å². The van der Waals surface area contributed by atoms with E-state index in [-0.39, 0.29) is 5.60 Å². The van der Waals surface area contributed by atoms with Crippen molar-refractivity contribution in [1.29, 1.82) is 0 Å². The SMILES string of the molecule is CC.CCCc1ccccc1C(C)(C)OC. The van der Waals surface area contributed by atoms with Crippen LogP contribution in [0.1, 0.15) is 52.2 Å². The molecule has 16 heavy (non-hydrogen) atoms. The molecule has 0 saturated carbocycles. The van der Waals surface area contributed by atoms with E-state index in [1.165, 1.54) is 17.5 Å². The van der Waals surface area contributed by atoms with Gasteiger partial charge in [-0.15, -0.1) is 0 Å². The molecule has 0 aliphatic heterocycles. The Morgan fingerprint density at radius 2 is 1.69 bits per heavy atom. The number of ether oxygens (including phenoxy) is 1. The lowest BCUT2D eigenvalue weighted by molar-refractivity contribution is 0.0185. The summed E-state index contributed by atoms with van der Waals surface area (Å²) in [7, 11) is 1.77. The molecule has 0 N–H and O–H groups in total. The van der Waals surface area contributed by atoms with Crippen molar-refractivity contribution in [2.45, 2.75) is 53.1 Å². The van der Waals surface area contributed by atoms with E-state index >= 15 is 0 Å². The summed E-state index contributed by atoms with van der Waals surface area (Å²) in [5, 5.41) is 0. The zero-order chi connectivity index (χ0) is 12.6. The summed E-state index contributed by atoms with van der Waals surface area (Å²) in [6, 6.07) is 8.53. The highest BCUT2D eigenvalue weighted by Gasteiger charge is 2.21. The van der Waals surface area contributed by atoms with E-state index < -0.39 is 0 Å². The molecular weight excluding hydrogens is 196 g/mol. The average Bonchev–Trinajstić information content (AvgIpc) is 2.33. The van der Waals surface area contributed by atoms with Crippen molar-refractivity contribution in [3.05, 3.63) is 35.4 Å². The molecule has 0 fully saturated rings. The molecule has 0 bridgehead atoms. The first-order valence-corrected chi connectivity index (χ1v) is 6.25. The third-order valence-corrected chi connectivity index (χ3v) is 2.70. The van der Waals surface area contributed by atoms with Crippen molar-refractivity contribution in [1.82, 2.24) is 0 Å². The standard InChI is InChI=1S/C13H20O.C2H6/c1-5-8-11-9-6-7-10-12(11)13(2,3)14-4;1-2/h6-7,9-10H,5,8H2,1-4H3;1-2H3. The van der Waals surface area contributed by atoms with Gasteiger partial charge in [0.05, 0.1) is 5.60 Å². The first kappa shape index (κ1) is 15.2. The maximum Gasteiger partial charge on any atom is 0.0874 e. The summed E-state index contributed by atoms with van der Waals surface area (Å²) in [5.41, 5.74) is 2.54. The molecule has 0 atom stereocenters. The smallest absolute Gasteiger partial charge is 0.0874 e. The second-order valence-corrected chi connectivity index (χ2v) is 4.12. The molecule has 0 heterocycles. The largest absolute Gasteiger partial charge is 0.374 e. The highest BCUT2D eigenvalue weighted by Crippen LogP contribution is 2.27. The van der Waals surface area contributed by atoms with E-state index in [1.807, 2.05) is 13.8 Å². The van der Waals surface area contributed by atoms with Gasteiger partial charge in [-0.25, -0.2) is 0 Å². The fourth-order valence-electron chi connectivity index (χ4n) is 1.70. The van der Waals surface area contributed by atoms with Crippen molar-refractivity contribution < 1.29 is 4.74 Å². The Morgan fingerprint density at radius 1 is 1.12 bits per heavy atom. The van der Waals surface area contributed by atoms with E-state index in [2.05, 4.69) is 45.0 Å². The number of rotatable bonds is 4. The van der Waals surface area contributed by atoms with Crippen molar-refractivity contribution in [2.24, 2.45) is 0 Å². The van der Waals surface area contributed by atoms with Crippen LogP contribution < -0.4 is 0 Å². The number of aryl methyl sites for hydroxylation is 1. The van der Waals surface area contributed by atoms with Gasteiger partial charge in [-0.1, -0.05) is 51.5 Å². The Kier molecular flexibility index (Phi) is 7.07. The lowest BCUT2D eigenvalue weighted by Gasteiger charge is -2.26. The minimum atomic E-state index is -0.175. The maximum atomic E-state index is 5.51. The van der Waals surface area contributed by atoms with Gasteiger partial charge in [-0.2, -0.15) is 0 Å². The number of benzene rings is 1. The van der Waals surface area contributed by atoms with Crippen molar-refractivity contribution in [3.63, 3.8) is 0 Å². The number of hydrogen-bond donors (Lipinski definition) is 0. The molecule has 1 heteroatoms. The van der Waals surface area contributed by atoms with E-state index in [0.29, 0.717) is 0 Å². The molecule has 0 radical (unpaired) electrons. The van der Waals surface area contributed by atoms with Crippen LogP contribution in [0.5, 0.6) is 0 Å². The topological polar surface area (TPSA) is 9.23 Å². The van der Waals surface area contributed by atoms with E-state index in [4.69, 9.17) is 4.74 Å². The van der Waals surface area contributed by atoms with Gasteiger partial charge >= 0.3 is 0 Å². The first-order chi connectivity index (χ1) is 7.61. The molecular formula is C15H26O. The summed E-state index contributed by atoms with van der Waals surface area (Å²) in [6.07, 6.45) is 2.31. The average molecular weight is 222 g/mol. The van der Waals surface area contributed by atoms with Crippen LogP contribution >= 0.6 is 0 Å². The Hall–Kier alpha value is -0.820. The van der Waals surface area contributed by atoms with Gasteiger partial charge < -0.3 is 4.74 Å². The third-order valence-electron chi connectivity index (χ3n) is 2.70. The third kappa shape index (κ3) is 3.97. The summed E-state index contributed by atoms with van der Waals surface area (Å²) in [6.45, 7) is 10.4. The Balaban J connectivity index is 0.00000106. The fourth-order valence-corrected chi connectivity index (χ4v) is 1.70. The van der Waals surface area contributed by atoms with Gasteiger partial charge in [0, 0.05) is 7.11 Å². The predicted molar refractivity (Wildman–Crippen MR) is 71.8 cm³/mol. The highest BCUT2D eigenvalue weighted by molar-refractivity contribution is 5.31. The monoisotopic (exact) mass is 222 g/mol. The molecule has 0 saturated heterocycles. The lowest BCUT2D eigenvalue weighted by Crippen LogP contribution is -2.21. The molecule has 0 aliphatic rings. The van der Waals surface area contributed by atoms with Gasteiger partial charge in [0.25, 0.3) is 0 Å². The highest BCUT2D eigenvalue weighted by atomic mass is 16.5. The maximum absolute atomic E-state index is 5.51. The van der Waals surface area contributed by atoms with Crippen LogP contribution in [0.15, 0.2) is 24.3 Å². The van der Waals surface area contributed by atoms with Crippen LogP contribution in [0.25, 0.3) is 0 Å². The zero-order valence-electron chi connectivity index (χ0n) is 11.6. The lowest BCUT2D eigenvalue weighted by atomic mass is 9.91. The number of methoxy groups -OCH3 is 1. The molecule has 1 nitrogen and oxygen atoms in total. The Morgan fingerprint density at radius 3 is 2.19 bits per heavy atom. The van der Waals surface area contributed by atoms with Gasteiger partial charge in [0.15, 0.2) is 0 Å². The molecule has 0 spiro atoms.